The summed E-state index contributed by atoms with van der Waals surface area (Å²) < 4.78 is 5.39. The Morgan fingerprint density at radius 1 is 1.30 bits per heavy atom. The Kier molecular flexibility index (Phi) is 4.74. The number of hydrogen-bond donors (Lipinski definition) is 1. The molecule has 0 aliphatic rings. The lowest BCUT2D eigenvalue weighted by atomic mass is 10.1. The van der Waals surface area contributed by atoms with Crippen molar-refractivity contribution < 1.29 is 14.6 Å². The highest BCUT2D eigenvalue weighted by Gasteiger charge is 2.16. The summed E-state index contributed by atoms with van der Waals surface area (Å²) in [5.41, 5.74) is 1.67. The molecule has 1 N–H and O–H groups in total. The van der Waals surface area contributed by atoms with Crippen LogP contribution in [0.1, 0.15) is 39.8 Å². The number of aromatic carboxylic acids is 1. The molecule has 0 spiro atoms. The minimum Gasteiger partial charge on any atom is -0.494 e. The second-order valence-electron chi connectivity index (χ2n) is 4.30. The molecule has 0 bridgehead atoms. The Bertz CT molecular complexity index is 590. The topological polar surface area (TPSA) is 59.4 Å². The predicted octanol–water partition coefficient (Wildman–Crippen LogP) is 3.39. The van der Waals surface area contributed by atoms with Gasteiger partial charge >= 0.3 is 5.97 Å². The van der Waals surface area contributed by atoms with Gasteiger partial charge in [0.15, 0.2) is 0 Å². The van der Waals surface area contributed by atoms with Gasteiger partial charge in [0.2, 0.25) is 0 Å². The van der Waals surface area contributed by atoms with Crippen molar-refractivity contribution >= 4 is 17.3 Å². The lowest BCUT2D eigenvalue weighted by Gasteiger charge is -2.04. The molecule has 0 aliphatic heterocycles. The molecule has 0 atom stereocenters. The number of ether oxygens (including phenoxy) is 1. The second kappa shape index (κ2) is 6.52. The van der Waals surface area contributed by atoms with Gasteiger partial charge in [0, 0.05) is 6.42 Å². The molecule has 1 aromatic heterocycles. The number of carbonyl (C=O) groups is 1. The Morgan fingerprint density at radius 3 is 2.55 bits per heavy atom. The molecule has 0 unspecified atom stereocenters. The van der Waals surface area contributed by atoms with Gasteiger partial charge in [-0.25, -0.2) is 9.78 Å². The first-order chi connectivity index (χ1) is 9.63. The number of carboxylic acid groups (broad SMARTS) is 1. The third-order valence-corrected chi connectivity index (χ3v) is 4.07. The summed E-state index contributed by atoms with van der Waals surface area (Å²) in [5, 5.41) is 10.1. The molecule has 0 amide bonds. The molecule has 2 aromatic rings. The molecule has 106 valence electrons. The molecule has 5 heteroatoms. The van der Waals surface area contributed by atoms with Crippen LogP contribution < -0.4 is 4.74 Å². The average molecular weight is 291 g/mol. The molecule has 0 saturated carbocycles. The Hall–Kier alpha value is -1.88. The van der Waals surface area contributed by atoms with E-state index in [9.17, 15) is 9.90 Å². The SMILES string of the molecule is CCOc1ccc(Cc2nc(CC)sc2C(=O)O)cc1. The van der Waals surface area contributed by atoms with Crippen molar-refractivity contribution in [3.05, 3.63) is 45.4 Å². The van der Waals surface area contributed by atoms with Crippen molar-refractivity contribution in [1.82, 2.24) is 4.98 Å². The lowest BCUT2D eigenvalue weighted by Crippen LogP contribution is -2.00. The first-order valence-electron chi connectivity index (χ1n) is 6.57. The molecule has 0 aliphatic carbocycles. The van der Waals surface area contributed by atoms with Crippen LogP contribution >= 0.6 is 11.3 Å². The van der Waals surface area contributed by atoms with Crippen molar-refractivity contribution in [1.29, 1.82) is 0 Å². The van der Waals surface area contributed by atoms with Gasteiger partial charge in [-0.05, 0) is 31.0 Å². The number of nitrogens with zero attached hydrogens (tertiary/aromatic N) is 1. The van der Waals surface area contributed by atoms with Crippen LogP contribution in [0.2, 0.25) is 0 Å². The fourth-order valence-electron chi connectivity index (χ4n) is 1.90. The number of carboxylic acids is 1. The first-order valence-corrected chi connectivity index (χ1v) is 7.39. The highest BCUT2D eigenvalue weighted by Crippen LogP contribution is 2.23. The van der Waals surface area contributed by atoms with Gasteiger partial charge in [-0.3, -0.25) is 0 Å². The van der Waals surface area contributed by atoms with E-state index in [0.29, 0.717) is 23.6 Å². The van der Waals surface area contributed by atoms with Gasteiger partial charge in [0.25, 0.3) is 0 Å². The van der Waals surface area contributed by atoms with Crippen LogP contribution in [0.3, 0.4) is 0 Å². The third kappa shape index (κ3) is 3.36. The largest absolute Gasteiger partial charge is 0.494 e. The number of thiazole rings is 1. The van der Waals surface area contributed by atoms with Crippen LogP contribution in [-0.2, 0) is 12.8 Å². The summed E-state index contributed by atoms with van der Waals surface area (Å²) in [6, 6.07) is 7.68. The van der Waals surface area contributed by atoms with E-state index in [-0.39, 0.29) is 0 Å². The fraction of sp³-hybridized carbons (Fsp3) is 0.333. The van der Waals surface area contributed by atoms with Crippen molar-refractivity contribution in [2.45, 2.75) is 26.7 Å². The highest BCUT2D eigenvalue weighted by atomic mass is 32.1. The van der Waals surface area contributed by atoms with Crippen LogP contribution in [0.5, 0.6) is 5.75 Å². The maximum absolute atomic E-state index is 11.2. The van der Waals surface area contributed by atoms with Gasteiger partial charge in [-0.15, -0.1) is 11.3 Å². The molecule has 0 saturated heterocycles. The van der Waals surface area contributed by atoms with E-state index in [0.717, 1.165) is 22.7 Å². The van der Waals surface area contributed by atoms with Crippen LogP contribution in [-0.4, -0.2) is 22.7 Å². The minimum atomic E-state index is -0.900. The normalized spacial score (nSPS) is 10.5. The summed E-state index contributed by atoms with van der Waals surface area (Å²) in [6.07, 6.45) is 1.29. The predicted molar refractivity (Wildman–Crippen MR) is 78.9 cm³/mol. The summed E-state index contributed by atoms with van der Waals surface area (Å²) in [4.78, 5) is 16.0. The zero-order valence-electron chi connectivity index (χ0n) is 11.5. The second-order valence-corrected chi connectivity index (χ2v) is 5.38. The summed E-state index contributed by atoms with van der Waals surface area (Å²) in [6.45, 7) is 4.55. The monoisotopic (exact) mass is 291 g/mol. The highest BCUT2D eigenvalue weighted by molar-refractivity contribution is 7.13. The van der Waals surface area contributed by atoms with Gasteiger partial charge in [0.1, 0.15) is 10.6 Å². The van der Waals surface area contributed by atoms with E-state index in [1.807, 2.05) is 38.1 Å². The van der Waals surface area contributed by atoms with E-state index >= 15 is 0 Å². The maximum atomic E-state index is 11.2. The summed E-state index contributed by atoms with van der Waals surface area (Å²) in [5.74, 6) is -0.0784. The Balaban J connectivity index is 2.20. The molecule has 2 rings (SSSR count). The molecular formula is C15H17NO3S. The maximum Gasteiger partial charge on any atom is 0.347 e. The fourth-order valence-corrected chi connectivity index (χ4v) is 2.76. The number of benzene rings is 1. The van der Waals surface area contributed by atoms with Crippen LogP contribution in [0.4, 0.5) is 0 Å². The van der Waals surface area contributed by atoms with E-state index in [1.54, 1.807) is 0 Å². The van der Waals surface area contributed by atoms with Crippen LogP contribution in [0.25, 0.3) is 0 Å². The van der Waals surface area contributed by atoms with Crippen LogP contribution in [0, 0.1) is 0 Å². The Labute approximate surface area is 122 Å². The van der Waals surface area contributed by atoms with E-state index in [2.05, 4.69) is 4.98 Å². The summed E-state index contributed by atoms with van der Waals surface area (Å²) in [7, 11) is 0. The molecule has 1 heterocycles. The molecule has 20 heavy (non-hydrogen) atoms. The van der Waals surface area contributed by atoms with Gasteiger partial charge in [-0.1, -0.05) is 19.1 Å². The minimum absolute atomic E-state index is 0.343. The molecule has 4 nitrogen and oxygen atoms in total. The van der Waals surface area contributed by atoms with E-state index in [1.165, 1.54) is 11.3 Å². The zero-order valence-corrected chi connectivity index (χ0v) is 12.4. The van der Waals surface area contributed by atoms with E-state index < -0.39 is 5.97 Å². The molecule has 0 radical (unpaired) electrons. The molecule has 0 fully saturated rings. The number of hydrogen-bond acceptors (Lipinski definition) is 4. The third-order valence-electron chi connectivity index (χ3n) is 2.84. The van der Waals surface area contributed by atoms with Gasteiger partial charge in [0.05, 0.1) is 17.3 Å². The standard InChI is InChI=1S/C15H17NO3S/c1-3-13-16-12(14(20-13)15(17)18)9-10-5-7-11(8-6-10)19-4-2/h5-8H,3-4,9H2,1-2H3,(H,17,18). The quantitative estimate of drug-likeness (QED) is 0.886. The number of aromatic nitrogens is 1. The van der Waals surface area contributed by atoms with E-state index in [4.69, 9.17) is 4.74 Å². The van der Waals surface area contributed by atoms with Crippen LogP contribution in [0.15, 0.2) is 24.3 Å². The van der Waals surface area contributed by atoms with Crippen molar-refractivity contribution in [3.8, 4) is 5.75 Å². The summed E-state index contributed by atoms with van der Waals surface area (Å²) >= 11 is 1.26. The Morgan fingerprint density at radius 2 is 2.00 bits per heavy atom. The zero-order chi connectivity index (χ0) is 14.5. The van der Waals surface area contributed by atoms with Gasteiger partial charge < -0.3 is 9.84 Å². The number of rotatable bonds is 6. The average Bonchev–Trinajstić information content (AvgIpc) is 2.84. The molecule has 1 aromatic carbocycles. The smallest absolute Gasteiger partial charge is 0.347 e. The van der Waals surface area contributed by atoms with Crippen molar-refractivity contribution in [2.24, 2.45) is 0 Å². The lowest BCUT2D eigenvalue weighted by molar-refractivity contribution is 0.0701. The molecular weight excluding hydrogens is 274 g/mol. The number of aryl methyl sites for hydroxylation is 1. The van der Waals surface area contributed by atoms with Gasteiger partial charge in [-0.2, -0.15) is 0 Å². The first kappa shape index (κ1) is 14.5. The van der Waals surface area contributed by atoms with Crippen molar-refractivity contribution in [3.63, 3.8) is 0 Å². The van der Waals surface area contributed by atoms with Crippen molar-refractivity contribution in [2.75, 3.05) is 6.61 Å².